The Bertz CT molecular complexity index is 481. The van der Waals surface area contributed by atoms with Crippen LogP contribution in [0.3, 0.4) is 0 Å². The van der Waals surface area contributed by atoms with Gasteiger partial charge in [-0.3, -0.25) is 0 Å². The van der Waals surface area contributed by atoms with Crippen molar-refractivity contribution in [3.63, 3.8) is 0 Å². The van der Waals surface area contributed by atoms with E-state index in [0.29, 0.717) is 18.7 Å². The van der Waals surface area contributed by atoms with Crippen molar-refractivity contribution in [1.82, 2.24) is 4.90 Å². The van der Waals surface area contributed by atoms with Gasteiger partial charge in [0.05, 0.1) is 0 Å². The number of nitrogens with zero attached hydrogens (tertiary/aromatic N) is 1. The van der Waals surface area contributed by atoms with Gasteiger partial charge in [-0.05, 0) is 37.7 Å². The van der Waals surface area contributed by atoms with Gasteiger partial charge in [0.15, 0.2) is 0 Å². The Morgan fingerprint density at radius 2 is 1.85 bits per heavy atom. The molecule has 2 bridgehead atoms. The zero-order valence-electron chi connectivity index (χ0n) is 11.8. The maximum Gasteiger partial charge on any atom is 0.410 e. The molecule has 1 aromatic rings. The van der Waals surface area contributed by atoms with Crippen LogP contribution in [0.1, 0.15) is 37.7 Å². The van der Waals surface area contributed by atoms with Crippen LogP contribution >= 0.6 is 0 Å². The smallest absolute Gasteiger partial charge is 0.410 e. The minimum absolute atomic E-state index is 0.156. The van der Waals surface area contributed by atoms with Crippen LogP contribution in [-0.4, -0.2) is 23.1 Å². The first kappa shape index (κ1) is 13.2. The monoisotopic (exact) mass is 271 g/mol. The lowest BCUT2D eigenvalue weighted by atomic mass is 9.82. The number of piperidine rings is 2. The molecule has 0 N–H and O–H groups in total. The normalized spacial score (nSPS) is 25.4. The van der Waals surface area contributed by atoms with Crippen molar-refractivity contribution in [2.24, 2.45) is 0 Å². The summed E-state index contributed by atoms with van der Waals surface area (Å²) in [5.41, 5.74) is 2.32. The first-order chi connectivity index (χ1) is 9.74. The Hall–Kier alpha value is -1.77. The van der Waals surface area contributed by atoms with Crippen LogP contribution in [0.2, 0.25) is 0 Å². The molecule has 2 atom stereocenters. The highest BCUT2D eigenvalue weighted by molar-refractivity contribution is 5.69. The first-order valence-corrected chi connectivity index (χ1v) is 7.39. The fourth-order valence-electron chi connectivity index (χ4n) is 3.41. The number of fused-ring (bicyclic) bond motifs is 2. The molecule has 2 unspecified atom stereocenters. The Morgan fingerprint density at radius 3 is 2.50 bits per heavy atom. The summed E-state index contributed by atoms with van der Waals surface area (Å²) in [5.74, 6) is 0. The van der Waals surface area contributed by atoms with E-state index < -0.39 is 0 Å². The molecule has 0 radical (unpaired) electrons. The molecule has 2 heterocycles. The van der Waals surface area contributed by atoms with E-state index in [0.717, 1.165) is 31.2 Å². The third kappa shape index (κ3) is 2.72. The highest BCUT2D eigenvalue weighted by Crippen LogP contribution is 2.36. The molecule has 20 heavy (non-hydrogen) atoms. The fourth-order valence-corrected chi connectivity index (χ4v) is 3.41. The summed E-state index contributed by atoms with van der Waals surface area (Å²) in [6.07, 6.45) is 5.10. The Kier molecular flexibility index (Phi) is 3.77. The molecule has 2 saturated heterocycles. The third-order valence-electron chi connectivity index (χ3n) is 4.33. The number of hydrogen-bond donors (Lipinski definition) is 0. The van der Waals surface area contributed by atoms with Gasteiger partial charge >= 0.3 is 6.09 Å². The molecule has 3 heteroatoms. The molecule has 0 aliphatic carbocycles. The molecule has 3 nitrogen and oxygen atoms in total. The second kappa shape index (κ2) is 5.70. The summed E-state index contributed by atoms with van der Waals surface area (Å²) < 4.78 is 5.50. The summed E-state index contributed by atoms with van der Waals surface area (Å²) >= 11 is 0. The number of carbonyl (C=O) groups excluding carboxylic acids is 1. The van der Waals surface area contributed by atoms with E-state index in [1.54, 1.807) is 0 Å². The molecular formula is C17H21NO2. The van der Waals surface area contributed by atoms with Crippen molar-refractivity contribution in [3.05, 3.63) is 48.0 Å². The predicted molar refractivity (Wildman–Crippen MR) is 78.3 cm³/mol. The average molecular weight is 271 g/mol. The summed E-state index contributed by atoms with van der Waals surface area (Å²) in [5, 5.41) is 0. The summed E-state index contributed by atoms with van der Waals surface area (Å²) in [6.45, 7) is 4.46. The van der Waals surface area contributed by atoms with Crippen LogP contribution in [0.4, 0.5) is 4.79 Å². The van der Waals surface area contributed by atoms with Crippen LogP contribution in [0, 0.1) is 0 Å². The van der Waals surface area contributed by atoms with Gasteiger partial charge in [0.1, 0.15) is 6.61 Å². The SMILES string of the molecule is C=C1CC2CCCC(C1)N2C(=O)OCc1ccccc1. The standard InChI is InChI=1S/C17H21NO2/c1-13-10-15-8-5-9-16(11-13)18(15)17(19)20-12-14-6-3-2-4-7-14/h2-4,6-7,15-16H,1,5,8-12H2. The summed E-state index contributed by atoms with van der Waals surface area (Å²) in [7, 11) is 0. The Balaban J connectivity index is 1.63. The van der Waals surface area contributed by atoms with Crippen molar-refractivity contribution in [2.75, 3.05) is 0 Å². The van der Waals surface area contributed by atoms with E-state index in [9.17, 15) is 4.79 Å². The van der Waals surface area contributed by atoms with Gasteiger partial charge in [0.25, 0.3) is 0 Å². The second-order valence-corrected chi connectivity index (χ2v) is 5.84. The molecule has 0 aromatic heterocycles. The number of carbonyl (C=O) groups is 1. The quantitative estimate of drug-likeness (QED) is 0.764. The summed E-state index contributed by atoms with van der Waals surface area (Å²) in [4.78, 5) is 14.3. The second-order valence-electron chi connectivity index (χ2n) is 5.84. The van der Waals surface area contributed by atoms with Gasteiger partial charge < -0.3 is 9.64 Å². The maximum absolute atomic E-state index is 12.4. The Morgan fingerprint density at radius 1 is 1.20 bits per heavy atom. The van der Waals surface area contributed by atoms with Crippen molar-refractivity contribution >= 4 is 6.09 Å². The molecule has 2 fully saturated rings. The highest BCUT2D eigenvalue weighted by Gasteiger charge is 2.39. The van der Waals surface area contributed by atoms with Crippen molar-refractivity contribution in [1.29, 1.82) is 0 Å². The largest absolute Gasteiger partial charge is 0.445 e. The van der Waals surface area contributed by atoms with Gasteiger partial charge in [-0.25, -0.2) is 4.79 Å². The van der Waals surface area contributed by atoms with Gasteiger partial charge in [0.2, 0.25) is 0 Å². The molecule has 1 aromatic carbocycles. The Labute approximate surface area is 120 Å². The number of rotatable bonds is 2. The third-order valence-corrected chi connectivity index (χ3v) is 4.33. The topological polar surface area (TPSA) is 29.5 Å². The van der Waals surface area contributed by atoms with Crippen LogP contribution in [0.5, 0.6) is 0 Å². The molecule has 2 aliphatic rings. The molecule has 0 saturated carbocycles. The number of ether oxygens (including phenoxy) is 1. The molecule has 2 aliphatic heterocycles. The molecule has 1 amide bonds. The fraction of sp³-hybridized carbons (Fsp3) is 0.471. The molecule has 3 rings (SSSR count). The minimum atomic E-state index is -0.156. The highest BCUT2D eigenvalue weighted by atomic mass is 16.6. The number of benzene rings is 1. The van der Waals surface area contributed by atoms with E-state index in [2.05, 4.69) is 6.58 Å². The zero-order valence-corrected chi connectivity index (χ0v) is 11.8. The number of hydrogen-bond acceptors (Lipinski definition) is 2. The van der Waals surface area contributed by atoms with E-state index in [1.807, 2.05) is 35.2 Å². The van der Waals surface area contributed by atoms with Crippen molar-refractivity contribution in [3.8, 4) is 0 Å². The predicted octanol–water partition coefficient (Wildman–Crippen LogP) is 3.90. The van der Waals surface area contributed by atoms with Crippen LogP contribution < -0.4 is 0 Å². The lowest BCUT2D eigenvalue weighted by Gasteiger charge is -2.45. The minimum Gasteiger partial charge on any atom is -0.445 e. The first-order valence-electron chi connectivity index (χ1n) is 7.39. The van der Waals surface area contributed by atoms with E-state index in [1.165, 1.54) is 12.0 Å². The number of amides is 1. The van der Waals surface area contributed by atoms with Gasteiger partial charge in [-0.1, -0.05) is 42.5 Å². The van der Waals surface area contributed by atoms with Crippen molar-refractivity contribution in [2.45, 2.75) is 50.8 Å². The molecule has 106 valence electrons. The van der Waals surface area contributed by atoms with Crippen molar-refractivity contribution < 1.29 is 9.53 Å². The van der Waals surface area contributed by atoms with Crippen LogP contribution in [0.25, 0.3) is 0 Å². The molecular weight excluding hydrogens is 250 g/mol. The van der Waals surface area contributed by atoms with Gasteiger partial charge in [-0.2, -0.15) is 0 Å². The molecule has 0 spiro atoms. The average Bonchev–Trinajstić information content (AvgIpc) is 2.45. The van der Waals surface area contributed by atoms with Gasteiger partial charge in [0, 0.05) is 12.1 Å². The summed E-state index contributed by atoms with van der Waals surface area (Å²) in [6, 6.07) is 10.5. The van der Waals surface area contributed by atoms with Crippen LogP contribution in [-0.2, 0) is 11.3 Å². The van der Waals surface area contributed by atoms with Gasteiger partial charge in [-0.15, -0.1) is 0 Å². The van der Waals surface area contributed by atoms with Crippen LogP contribution in [0.15, 0.2) is 42.5 Å². The maximum atomic E-state index is 12.4. The van der Waals surface area contributed by atoms with E-state index in [4.69, 9.17) is 4.74 Å². The lowest BCUT2D eigenvalue weighted by molar-refractivity contribution is 0.0314. The van der Waals surface area contributed by atoms with E-state index >= 15 is 0 Å². The lowest BCUT2D eigenvalue weighted by Crippen LogP contribution is -2.53. The zero-order chi connectivity index (χ0) is 13.9. The van der Waals surface area contributed by atoms with E-state index in [-0.39, 0.29) is 6.09 Å².